The van der Waals surface area contributed by atoms with E-state index in [2.05, 4.69) is 53.4 Å². The van der Waals surface area contributed by atoms with Gasteiger partial charge in [0.1, 0.15) is 11.6 Å². The Morgan fingerprint density at radius 1 is 1.05 bits per heavy atom. The number of benzene rings is 1. The van der Waals surface area contributed by atoms with Gasteiger partial charge in [0.05, 0.1) is 5.69 Å². The zero-order chi connectivity index (χ0) is 13.4. The fourth-order valence-corrected chi connectivity index (χ4v) is 2.23. The molecular formula is C16H19N3. The quantitative estimate of drug-likeness (QED) is 0.907. The number of rotatable bonds is 3. The fourth-order valence-electron chi connectivity index (χ4n) is 2.23. The van der Waals surface area contributed by atoms with Crippen LogP contribution < -0.4 is 5.32 Å². The number of aryl methyl sites for hydroxylation is 3. The van der Waals surface area contributed by atoms with E-state index >= 15 is 0 Å². The Kier molecular flexibility index (Phi) is 2.97. The first kappa shape index (κ1) is 12.2. The van der Waals surface area contributed by atoms with Crippen LogP contribution in [-0.4, -0.2) is 16.0 Å². The van der Waals surface area contributed by atoms with Crippen LogP contribution in [0.5, 0.6) is 0 Å². The summed E-state index contributed by atoms with van der Waals surface area (Å²) < 4.78 is 0. The van der Waals surface area contributed by atoms with Crippen molar-refractivity contribution in [2.24, 2.45) is 0 Å². The first-order valence-corrected chi connectivity index (χ1v) is 6.81. The normalized spacial score (nSPS) is 14.5. The average molecular weight is 253 g/mol. The van der Waals surface area contributed by atoms with Crippen LogP contribution in [0.15, 0.2) is 24.3 Å². The van der Waals surface area contributed by atoms with Gasteiger partial charge in [-0.15, -0.1) is 0 Å². The summed E-state index contributed by atoms with van der Waals surface area (Å²) in [5.41, 5.74) is 4.72. The molecule has 0 unspecified atom stereocenters. The van der Waals surface area contributed by atoms with E-state index in [9.17, 15) is 0 Å². The van der Waals surface area contributed by atoms with Gasteiger partial charge in [-0.05, 0) is 45.2 Å². The lowest BCUT2D eigenvalue weighted by Crippen LogP contribution is -2.05. The summed E-state index contributed by atoms with van der Waals surface area (Å²) in [6.45, 7) is 6.19. The van der Waals surface area contributed by atoms with Crippen molar-refractivity contribution in [3.8, 4) is 11.3 Å². The molecule has 0 aliphatic heterocycles. The lowest BCUT2D eigenvalue weighted by molar-refractivity contribution is 1.02. The minimum absolute atomic E-state index is 0.612. The molecule has 1 heterocycles. The van der Waals surface area contributed by atoms with Crippen molar-refractivity contribution in [1.82, 2.24) is 9.97 Å². The molecule has 3 rings (SSSR count). The standard InChI is InChI=1S/C16H19N3/c1-10-4-5-11(2)14(8-10)15-9-16(18-12(3)17-15)19-13-6-7-13/h4-5,8-9,13H,6-7H2,1-3H3,(H,17,18,19). The average Bonchev–Trinajstić information content (AvgIpc) is 3.15. The van der Waals surface area contributed by atoms with Crippen molar-refractivity contribution >= 4 is 5.82 Å². The second-order valence-corrected chi connectivity index (χ2v) is 5.42. The molecule has 1 aromatic carbocycles. The molecule has 1 aromatic heterocycles. The maximum absolute atomic E-state index is 4.58. The summed E-state index contributed by atoms with van der Waals surface area (Å²) in [7, 11) is 0. The zero-order valence-electron chi connectivity index (χ0n) is 11.7. The molecule has 2 aromatic rings. The van der Waals surface area contributed by atoms with Crippen molar-refractivity contribution in [2.45, 2.75) is 39.7 Å². The van der Waals surface area contributed by atoms with Gasteiger partial charge in [-0.25, -0.2) is 9.97 Å². The summed E-state index contributed by atoms with van der Waals surface area (Å²) in [5.74, 6) is 1.77. The summed E-state index contributed by atoms with van der Waals surface area (Å²) in [5, 5.41) is 3.45. The molecule has 1 aliphatic carbocycles. The molecule has 0 radical (unpaired) electrons. The highest BCUT2D eigenvalue weighted by Gasteiger charge is 2.21. The second kappa shape index (κ2) is 4.65. The molecule has 1 saturated carbocycles. The van der Waals surface area contributed by atoms with Crippen molar-refractivity contribution in [2.75, 3.05) is 5.32 Å². The van der Waals surface area contributed by atoms with Crippen LogP contribution in [0, 0.1) is 20.8 Å². The Balaban J connectivity index is 2.02. The molecule has 3 heteroatoms. The lowest BCUT2D eigenvalue weighted by atomic mass is 10.0. The number of nitrogens with one attached hydrogen (secondary N) is 1. The molecular weight excluding hydrogens is 234 g/mol. The van der Waals surface area contributed by atoms with E-state index in [0.717, 1.165) is 17.3 Å². The van der Waals surface area contributed by atoms with Gasteiger partial charge in [-0.3, -0.25) is 0 Å². The summed E-state index contributed by atoms with van der Waals surface area (Å²) in [6, 6.07) is 9.15. The van der Waals surface area contributed by atoms with Crippen LogP contribution in [0.2, 0.25) is 0 Å². The topological polar surface area (TPSA) is 37.8 Å². The summed E-state index contributed by atoms with van der Waals surface area (Å²) in [4.78, 5) is 9.05. The first-order chi connectivity index (χ1) is 9.11. The Labute approximate surface area is 114 Å². The third-order valence-corrected chi connectivity index (χ3v) is 3.44. The number of anilines is 1. The highest BCUT2D eigenvalue weighted by molar-refractivity contribution is 5.67. The van der Waals surface area contributed by atoms with E-state index in [4.69, 9.17) is 0 Å². The first-order valence-electron chi connectivity index (χ1n) is 6.81. The number of hydrogen-bond donors (Lipinski definition) is 1. The molecule has 0 atom stereocenters. The SMILES string of the molecule is Cc1ccc(C)c(-c2cc(NC3CC3)nc(C)n2)c1. The van der Waals surface area contributed by atoms with Crippen LogP contribution in [0.3, 0.4) is 0 Å². The third kappa shape index (κ3) is 2.75. The highest BCUT2D eigenvalue weighted by atomic mass is 15.1. The third-order valence-electron chi connectivity index (χ3n) is 3.44. The smallest absolute Gasteiger partial charge is 0.130 e. The van der Waals surface area contributed by atoms with Crippen LogP contribution in [0.25, 0.3) is 11.3 Å². The minimum Gasteiger partial charge on any atom is -0.367 e. The second-order valence-electron chi connectivity index (χ2n) is 5.42. The van der Waals surface area contributed by atoms with Gasteiger partial charge in [0.15, 0.2) is 0 Å². The van der Waals surface area contributed by atoms with Gasteiger partial charge >= 0.3 is 0 Å². The molecule has 1 fully saturated rings. The van der Waals surface area contributed by atoms with E-state index in [1.165, 1.54) is 29.5 Å². The minimum atomic E-state index is 0.612. The number of nitrogens with zero attached hydrogens (tertiary/aromatic N) is 2. The van der Waals surface area contributed by atoms with Gasteiger partial charge in [0.2, 0.25) is 0 Å². The molecule has 0 bridgehead atoms. The van der Waals surface area contributed by atoms with E-state index in [0.29, 0.717) is 6.04 Å². The molecule has 19 heavy (non-hydrogen) atoms. The fraction of sp³-hybridized carbons (Fsp3) is 0.375. The van der Waals surface area contributed by atoms with Crippen molar-refractivity contribution in [3.63, 3.8) is 0 Å². The summed E-state index contributed by atoms with van der Waals surface area (Å²) in [6.07, 6.45) is 2.50. The highest BCUT2D eigenvalue weighted by Crippen LogP contribution is 2.28. The van der Waals surface area contributed by atoms with Gasteiger partial charge in [-0.2, -0.15) is 0 Å². The number of hydrogen-bond acceptors (Lipinski definition) is 3. The van der Waals surface area contributed by atoms with Crippen molar-refractivity contribution in [1.29, 1.82) is 0 Å². The van der Waals surface area contributed by atoms with Crippen LogP contribution in [-0.2, 0) is 0 Å². The van der Waals surface area contributed by atoms with E-state index < -0.39 is 0 Å². The predicted molar refractivity (Wildman–Crippen MR) is 78.3 cm³/mol. The van der Waals surface area contributed by atoms with Crippen LogP contribution in [0.4, 0.5) is 5.82 Å². The van der Waals surface area contributed by atoms with Crippen molar-refractivity contribution < 1.29 is 0 Å². The van der Waals surface area contributed by atoms with E-state index in [-0.39, 0.29) is 0 Å². The molecule has 1 N–H and O–H groups in total. The molecule has 0 saturated heterocycles. The Morgan fingerprint density at radius 3 is 2.58 bits per heavy atom. The number of aromatic nitrogens is 2. The molecule has 1 aliphatic rings. The zero-order valence-corrected chi connectivity index (χ0v) is 11.7. The Bertz CT molecular complexity index is 615. The molecule has 0 spiro atoms. The van der Waals surface area contributed by atoms with Crippen molar-refractivity contribution in [3.05, 3.63) is 41.2 Å². The largest absolute Gasteiger partial charge is 0.367 e. The molecule has 98 valence electrons. The predicted octanol–water partition coefficient (Wildman–Crippen LogP) is 3.64. The Morgan fingerprint density at radius 2 is 1.84 bits per heavy atom. The van der Waals surface area contributed by atoms with Gasteiger partial charge in [-0.1, -0.05) is 17.7 Å². The van der Waals surface area contributed by atoms with Gasteiger partial charge in [0.25, 0.3) is 0 Å². The van der Waals surface area contributed by atoms with E-state index in [1.54, 1.807) is 0 Å². The monoisotopic (exact) mass is 253 g/mol. The van der Waals surface area contributed by atoms with Crippen LogP contribution >= 0.6 is 0 Å². The molecule has 3 nitrogen and oxygen atoms in total. The van der Waals surface area contributed by atoms with E-state index in [1.807, 2.05) is 6.92 Å². The lowest BCUT2D eigenvalue weighted by Gasteiger charge is -2.10. The maximum atomic E-state index is 4.58. The van der Waals surface area contributed by atoms with Gasteiger partial charge < -0.3 is 5.32 Å². The molecule has 0 amide bonds. The Hall–Kier alpha value is -1.90. The maximum Gasteiger partial charge on any atom is 0.130 e. The van der Waals surface area contributed by atoms with Gasteiger partial charge in [0, 0.05) is 17.7 Å². The van der Waals surface area contributed by atoms with Crippen LogP contribution in [0.1, 0.15) is 29.8 Å². The summed E-state index contributed by atoms with van der Waals surface area (Å²) >= 11 is 0.